The number of sulfonamides is 1. The SMILES string of the molecule is CC(C)(C)OC(=O)NCc1ccc(C(=O)N2CCN(S(=O)(=O)c3ccc(F)c(F)c3)CC2)cc1. The minimum absolute atomic E-state index is 0.0327. The molecule has 0 unspecified atom stereocenters. The summed E-state index contributed by atoms with van der Waals surface area (Å²) < 4.78 is 58.4. The Hall–Kier alpha value is -3.05. The molecule has 1 N–H and O–H groups in total. The fourth-order valence-electron chi connectivity index (χ4n) is 3.35. The van der Waals surface area contributed by atoms with Gasteiger partial charge < -0.3 is 15.0 Å². The quantitative estimate of drug-likeness (QED) is 0.688. The summed E-state index contributed by atoms with van der Waals surface area (Å²) in [5.74, 6) is -2.61. The van der Waals surface area contributed by atoms with Crippen molar-refractivity contribution in [1.29, 1.82) is 0 Å². The van der Waals surface area contributed by atoms with Gasteiger partial charge in [-0.3, -0.25) is 4.79 Å². The zero-order valence-corrected chi connectivity index (χ0v) is 20.0. The number of nitrogens with zero attached hydrogens (tertiary/aromatic N) is 2. The van der Waals surface area contributed by atoms with Crippen molar-refractivity contribution in [2.45, 2.75) is 37.8 Å². The number of rotatable bonds is 5. The van der Waals surface area contributed by atoms with E-state index in [2.05, 4.69) is 5.32 Å². The van der Waals surface area contributed by atoms with Crippen molar-refractivity contribution in [1.82, 2.24) is 14.5 Å². The van der Waals surface area contributed by atoms with Crippen LogP contribution in [-0.4, -0.2) is 61.4 Å². The van der Waals surface area contributed by atoms with Gasteiger partial charge in [-0.15, -0.1) is 0 Å². The Labute approximate surface area is 197 Å². The predicted molar refractivity (Wildman–Crippen MR) is 121 cm³/mol. The van der Waals surface area contributed by atoms with E-state index in [9.17, 15) is 26.8 Å². The highest BCUT2D eigenvalue weighted by atomic mass is 32.2. The van der Waals surface area contributed by atoms with Gasteiger partial charge in [0.05, 0.1) is 4.90 Å². The van der Waals surface area contributed by atoms with Crippen molar-refractivity contribution in [3.63, 3.8) is 0 Å². The Morgan fingerprint density at radius 2 is 1.59 bits per heavy atom. The number of amides is 2. The van der Waals surface area contributed by atoms with E-state index in [1.165, 1.54) is 4.90 Å². The minimum atomic E-state index is -4.00. The maximum atomic E-state index is 13.5. The molecule has 2 aromatic carbocycles. The zero-order chi connectivity index (χ0) is 25.1. The van der Waals surface area contributed by atoms with Crippen LogP contribution in [0.5, 0.6) is 0 Å². The predicted octanol–water partition coefficient (Wildman–Crippen LogP) is 3.14. The molecule has 0 aromatic heterocycles. The summed E-state index contributed by atoms with van der Waals surface area (Å²) in [6, 6.07) is 9.15. The van der Waals surface area contributed by atoms with Crippen LogP contribution in [0.25, 0.3) is 0 Å². The lowest BCUT2D eigenvalue weighted by Crippen LogP contribution is -2.50. The molecule has 11 heteroatoms. The van der Waals surface area contributed by atoms with E-state index < -0.39 is 33.4 Å². The third-order valence-electron chi connectivity index (χ3n) is 5.09. The molecule has 8 nitrogen and oxygen atoms in total. The van der Waals surface area contributed by atoms with Gasteiger partial charge in [0.25, 0.3) is 5.91 Å². The van der Waals surface area contributed by atoms with Gasteiger partial charge in [-0.05, 0) is 56.7 Å². The third-order valence-corrected chi connectivity index (χ3v) is 6.99. The summed E-state index contributed by atoms with van der Waals surface area (Å²) in [7, 11) is -4.00. The second-order valence-corrected chi connectivity index (χ2v) is 10.8. The molecule has 1 fully saturated rings. The van der Waals surface area contributed by atoms with Crippen LogP contribution in [0.4, 0.5) is 13.6 Å². The topological polar surface area (TPSA) is 96.0 Å². The molecule has 2 aromatic rings. The highest BCUT2D eigenvalue weighted by Crippen LogP contribution is 2.21. The van der Waals surface area contributed by atoms with Crippen molar-refractivity contribution in [2.24, 2.45) is 0 Å². The third kappa shape index (κ3) is 6.29. The lowest BCUT2D eigenvalue weighted by atomic mass is 10.1. The molecular formula is C23H27F2N3O5S. The van der Waals surface area contributed by atoms with Gasteiger partial charge in [-0.1, -0.05) is 12.1 Å². The van der Waals surface area contributed by atoms with Gasteiger partial charge in [0, 0.05) is 38.3 Å². The molecule has 184 valence electrons. The number of piperazine rings is 1. The van der Waals surface area contributed by atoms with Crippen molar-refractivity contribution >= 4 is 22.0 Å². The molecule has 1 saturated heterocycles. The second kappa shape index (κ2) is 10.1. The van der Waals surface area contributed by atoms with Crippen molar-refractivity contribution < 1.29 is 31.5 Å². The molecule has 1 aliphatic heterocycles. The van der Waals surface area contributed by atoms with E-state index in [-0.39, 0.29) is 43.5 Å². The standard InChI is InChI=1S/C23H27F2N3O5S/c1-23(2,3)33-22(30)26-15-16-4-6-17(7-5-16)21(29)27-10-12-28(13-11-27)34(31,32)18-8-9-19(24)20(25)14-18/h4-9,14H,10-13,15H2,1-3H3,(H,26,30). The summed E-state index contributed by atoms with van der Waals surface area (Å²) in [5, 5.41) is 2.64. The fraction of sp³-hybridized carbons (Fsp3) is 0.391. The van der Waals surface area contributed by atoms with Gasteiger partial charge in [0.15, 0.2) is 11.6 Å². The van der Waals surface area contributed by atoms with Crippen LogP contribution in [-0.2, 0) is 21.3 Å². The van der Waals surface area contributed by atoms with Gasteiger partial charge in [0.1, 0.15) is 5.60 Å². The first kappa shape index (κ1) is 25.6. The van der Waals surface area contributed by atoms with Crippen molar-refractivity contribution in [2.75, 3.05) is 26.2 Å². The number of halogens is 2. The van der Waals surface area contributed by atoms with E-state index in [1.807, 2.05) is 0 Å². The molecule has 0 saturated carbocycles. The molecular weight excluding hydrogens is 468 g/mol. The molecule has 1 aliphatic rings. The van der Waals surface area contributed by atoms with Crippen LogP contribution in [0.1, 0.15) is 36.7 Å². The molecule has 0 spiro atoms. The summed E-state index contributed by atoms with van der Waals surface area (Å²) in [6.07, 6.45) is -0.538. The van der Waals surface area contributed by atoms with Crippen LogP contribution in [0.3, 0.4) is 0 Å². The Balaban J connectivity index is 1.56. The van der Waals surface area contributed by atoms with Crippen LogP contribution >= 0.6 is 0 Å². The van der Waals surface area contributed by atoms with Crippen LogP contribution < -0.4 is 5.32 Å². The summed E-state index contributed by atoms with van der Waals surface area (Å²) in [4.78, 5) is 25.8. The number of carbonyl (C=O) groups excluding carboxylic acids is 2. The number of hydrogen-bond donors (Lipinski definition) is 1. The van der Waals surface area contributed by atoms with Crippen LogP contribution in [0, 0.1) is 11.6 Å². The summed E-state index contributed by atoms with van der Waals surface area (Å²) >= 11 is 0. The molecule has 2 amide bonds. The summed E-state index contributed by atoms with van der Waals surface area (Å²) in [6.45, 7) is 5.92. The minimum Gasteiger partial charge on any atom is -0.444 e. The van der Waals surface area contributed by atoms with Gasteiger partial charge in [-0.2, -0.15) is 4.31 Å². The molecule has 3 rings (SSSR count). The van der Waals surface area contributed by atoms with Crippen molar-refractivity contribution in [3.05, 3.63) is 65.2 Å². The van der Waals surface area contributed by atoms with E-state index in [0.717, 1.165) is 22.0 Å². The molecule has 34 heavy (non-hydrogen) atoms. The number of alkyl carbamates (subject to hydrolysis) is 1. The molecule has 0 bridgehead atoms. The molecule has 0 atom stereocenters. The number of hydrogen-bond acceptors (Lipinski definition) is 5. The van der Waals surface area contributed by atoms with Gasteiger partial charge >= 0.3 is 6.09 Å². The molecule has 0 radical (unpaired) electrons. The van der Waals surface area contributed by atoms with Crippen molar-refractivity contribution in [3.8, 4) is 0 Å². The largest absolute Gasteiger partial charge is 0.444 e. The lowest BCUT2D eigenvalue weighted by molar-refractivity contribution is 0.0523. The zero-order valence-electron chi connectivity index (χ0n) is 19.2. The van der Waals surface area contributed by atoms with E-state index in [1.54, 1.807) is 45.0 Å². The maximum Gasteiger partial charge on any atom is 0.407 e. The first-order chi connectivity index (χ1) is 15.9. The average Bonchev–Trinajstić information content (AvgIpc) is 2.78. The summed E-state index contributed by atoms with van der Waals surface area (Å²) in [5.41, 5.74) is 0.613. The number of ether oxygens (including phenoxy) is 1. The normalized spacial score (nSPS) is 15.1. The fourth-order valence-corrected chi connectivity index (χ4v) is 4.79. The second-order valence-electron chi connectivity index (χ2n) is 8.82. The monoisotopic (exact) mass is 495 g/mol. The van der Waals surface area contributed by atoms with Gasteiger partial charge in [0.2, 0.25) is 10.0 Å². The number of benzene rings is 2. The Morgan fingerprint density at radius 3 is 2.15 bits per heavy atom. The van der Waals surface area contributed by atoms with E-state index in [4.69, 9.17) is 4.74 Å². The Morgan fingerprint density at radius 1 is 0.971 bits per heavy atom. The highest BCUT2D eigenvalue weighted by Gasteiger charge is 2.31. The Bertz CT molecular complexity index is 1160. The highest BCUT2D eigenvalue weighted by molar-refractivity contribution is 7.89. The molecule has 0 aliphatic carbocycles. The Kier molecular flexibility index (Phi) is 7.57. The number of nitrogens with one attached hydrogen (secondary N) is 1. The molecule has 1 heterocycles. The maximum absolute atomic E-state index is 13.5. The first-order valence-electron chi connectivity index (χ1n) is 10.7. The van der Waals surface area contributed by atoms with Gasteiger partial charge in [-0.25, -0.2) is 22.0 Å². The number of carbonyl (C=O) groups is 2. The van der Waals surface area contributed by atoms with E-state index >= 15 is 0 Å². The first-order valence-corrected chi connectivity index (χ1v) is 12.1. The lowest BCUT2D eigenvalue weighted by Gasteiger charge is -2.34. The average molecular weight is 496 g/mol. The van der Waals surface area contributed by atoms with E-state index in [0.29, 0.717) is 11.6 Å². The van der Waals surface area contributed by atoms with Crippen LogP contribution in [0.15, 0.2) is 47.4 Å². The van der Waals surface area contributed by atoms with Crippen LogP contribution in [0.2, 0.25) is 0 Å². The smallest absolute Gasteiger partial charge is 0.407 e.